The maximum absolute atomic E-state index is 12.3. The minimum absolute atomic E-state index is 0.0516. The van der Waals surface area contributed by atoms with Crippen molar-refractivity contribution in [1.29, 1.82) is 0 Å². The average Bonchev–Trinajstić information content (AvgIpc) is 2.60. The standard InChI is InChI=1S/C18H19ClN2O4/c1-2-3-4-11-25-15-8-5-13(6-9-15)20-18(22)16-12-14(21(23)24)7-10-17(16)19/h5-10,12H,2-4,11H2,1H3,(H,20,22). The van der Waals surface area contributed by atoms with Gasteiger partial charge in [-0.05, 0) is 36.8 Å². The Morgan fingerprint density at radius 3 is 2.56 bits per heavy atom. The van der Waals surface area contributed by atoms with Gasteiger partial charge in [0.25, 0.3) is 11.6 Å². The number of rotatable bonds is 8. The second kappa shape index (κ2) is 9.03. The molecule has 132 valence electrons. The van der Waals surface area contributed by atoms with Crippen LogP contribution in [0.1, 0.15) is 36.5 Å². The van der Waals surface area contributed by atoms with Crippen LogP contribution in [-0.2, 0) is 0 Å². The number of unbranched alkanes of at least 4 members (excludes halogenated alkanes) is 2. The maximum atomic E-state index is 12.3. The number of anilines is 1. The van der Waals surface area contributed by atoms with Crippen molar-refractivity contribution >= 4 is 28.9 Å². The van der Waals surface area contributed by atoms with E-state index in [2.05, 4.69) is 12.2 Å². The lowest BCUT2D eigenvalue weighted by molar-refractivity contribution is -0.384. The highest BCUT2D eigenvalue weighted by atomic mass is 35.5. The molecule has 2 aromatic rings. The third-order valence-electron chi connectivity index (χ3n) is 3.53. The van der Waals surface area contributed by atoms with E-state index in [1.807, 2.05) is 0 Å². The summed E-state index contributed by atoms with van der Waals surface area (Å²) < 4.78 is 5.61. The predicted octanol–water partition coefficient (Wildman–Crippen LogP) is 5.07. The lowest BCUT2D eigenvalue weighted by atomic mass is 10.2. The summed E-state index contributed by atoms with van der Waals surface area (Å²) in [6.45, 7) is 2.79. The van der Waals surface area contributed by atoms with E-state index in [0.717, 1.165) is 31.1 Å². The van der Waals surface area contributed by atoms with E-state index in [1.165, 1.54) is 12.1 Å². The number of hydrogen-bond acceptors (Lipinski definition) is 4. The normalized spacial score (nSPS) is 10.3. The molecule has 25 heavy (non-hydrogen) atoms. The van der Waals surface area contributed by atoms with Crippen LogP contribution in [0.5, 0.6) is 5.75 Å². The predicted molar refractivity (Wildman–Crippen MR) is 97.5 cm³/mol. The van der Waals surface area contributed by atoms with E-state index in [1.54, 1.807) is 24.3 Å². The molecule has 1 N–H and O–H groups in total. The zero-order valence-electron chi connectivity index (χ0n) is 13.8. The molecule has 0 aromatic heterocycles. The number of amides is 1. The highest BCUT2D eigenvalue weighted by Crippen LogP contribution is 2.24. The van der Waals surface area contributed by atoms with E-state index >= 15 is 0 Å². The Kier molecular flexibility index (Phi) is 6.77. The van der Waals surface area contributed by atoms with Crippen molar-refractivity contribution in [2.75, 3.05) is 11.9 Å². The zero-order chi connectivity index (χ0) is 18.2. The van der Waals surface area contributed by atoms with Gasteiger partial charge in [0.15, 0.2) is 0 Å². The van der Waals surface area contributed by atoms with E-state index < -0.39 is 10.8 Å². The van der Waals surface area contributed by atoms with Crippen molar-refractivity contribution in [2.45, 2.75) is 26.2 Å². The Balaban J connectivity index is 2.01. The first kappa shape index (κ1) is 18.7. The molecule has 0 spiro atoms. The Hall–Kier alpha value is -2.60. The molecule has 0 aliphatic heterocycles. The molecule has 0 aliphatic rings. The molecule has 0 saturated carbocycles. The average molecular weight is 363 g/mol. The van der Waals surface area contributed by atoms with Gasteiger partial charge < -0.3 is 10.1 Å². The number of nitrogens with zero attached hydrogens (tertiary/aromatic N) is 1. The first-order valence-corrected chi connectivity index (χ1v) is 8.37. The van der Waals surface area contributed by atoms with Crippen molar-refractivity contribution in [2.24, 2.45) is 0 Å². The molecule has 0 bridgehead atoms. The van der Waals surface area contributed by atoms with Gasteiger partial charge in [-0.2, -0.15) is 0 Å². The number of ether oxygens (including phenoxy) is 1. The van der Waals surface area contributed by atoms with Crippen LogP contribution < -0.4 is 10.1 Å². The maximum Gasteiger partial charge on any atom is 0.270 e. The molecule has 0 aliphatic carbocycles. The SMILES string of the molecule is CCCCCOc1ccc(NC(=O)c2cc([N+](=O)[O-])ccc2Cl)cc1. The van der Waals surface area contributed by atoms with Crippen LogP contribution in [0.15, 0.2) is 42.5 Å². The smallest absolute Gasteiger partial charge is 0.270 e. The van der Waals surface area contributed by atoms with Crippen LogP contribution in [0.2, 0.25) is 5.02 Å². The molecule has 0 fully saturated rings. The summed E-state index contributed by atoms with van der Waals surface area (Å²) in [5, 5.41) is 13.6. The van der Waals surface area contributed by atoms with Crippen molar-refractivity contribution in [3.63, 3.8) is 0 Å². The summed E-state index contributed by atoms with van der Waals surface area (Å²) >= 11 is 5.97. The van der Waals surface area contributed by atoms with Gasteiger partial charge in [-0.15, -0.1) is 0 Å². The lowest BCUT2D eigenvalue weighted by Crippen LogP contribution is -2.12. The van der Waals surface area contributed by atoms with Crippen LogP contribution in [0.25, 0.3) is 0 Å². The lowest BCUT2D eigenvalue weighted by Gasteiger charge is -2.09. The first-order valence-electron chi connectivity index (χ1n) is 7.99. The van der Waals surface area contributed by atoms with Gasteiger partial charge in [-0.3, -0.25) is 14.9 Å². The third-order valence-corrected chi connectivity index (χ3v) is 3.86. The van der Waals surface area contributed by atoms with Gasteiger partial charge in [-0.1, -0.05) is 31.4 Å². The number of nitro groups is 1. The molecular weight excluding hydrogens is 344 g/mol. The highest BCUT2D eigenvalue weighted by molar-refractivity contribution is 6.34. The first-order chi connectivity index (χ1) is 12.0. The van der Waals surface area contributed by atoms with Crippen molar-refractivity contribution in [3.05, 3.63) is 63.2 Å². The van der Waals surface area contributed by atoms with Gasteiger partial charge in [-0.25, -0.2) is 0 Å². The monoisotopic (exact) mass is 362 g/mol. The minimum Gasteiger partial charge on any atom is -0.494 e. The number of carbonyl (C=O) groups excluding carboxylic acids is 1. The minimum atomic E-state index is -0.572. The fraction of sp³-hybridized carbons (Fsp3) is 0.278. The Morgan fingerprint density at radius 2 is 1.92 bits per heavy atom. The van der Waals surface area contributed by atoms with Crippen LogP contribution in [0.3, 0.4) is 0 Å². The van der Waals surface area contributed by atoms with Gasteiger partial charge in [0.05, 0.1) is 22.1 Å². The highest BCUT2D eigenvalue weighted by Gasteiger charge is 2.16. The summed E-state index contributed by atoms with van der Waals surface area (Å²) in [5.41, 5.74) is 0.412. The molecule has 7 heteroatoms. The fourth-order valence-corrected chi connectivity index (χ4v) is 2.38. The molecule has 0 unspecified atom stereocenters. The molecule has 0 saturated heterocycles. The number of nitro benzene ring substituents is 1. The van der Waals surface area contributed by atoms with Crippen molar-refractivity contribution < 1.29 is 14.5 Å². The van der Waals surface area contributed by atoms with Crippen LogP contribution in [-0.4, -0.2) is 17.4 Å². The number of halogens is 1. The van der Waals surface area contributed by atoms with Gasteiger partial charge in [0.1, 0.15) is 5.75 Å². The second-order valence-corrected chi connectivity index (χ2v) is 5.86. The molecule has 2 rings (SSSR count). The van der Waals surface area contributed by atoms with Crippen molar-refractivity contribution in [3.8, 4) is 5.75 Å². The van der Waals surface area contributed by atoms with E-state index in [9.17, 15) is 14.9 Å². The number of hydrogen-bond donors (Lipinski definition) is 1. The summed E-state index contributed by atoms with van der Waals surface area (Å²) in [4.78, 5) is 22.5. The Bertz CT molecular complexity index is 747. The van der Waals surface area contributed by atoms with Crippen molar-refractivity contribution in [1.82, 2.24) is 0 Å². The number of carbonyl (C=O) groups is 1. The Morgan fingerprint density at radius 1 is 1.20 bits per heavy atom. The summed E-state index contributed by atoms with van der Waals surface area (Å²) in [6, 6.07) is 10.7. The number of benzene rings is 2. The molecule has 2 aromatic carbocycles. The second-order valence-electron chi connectivity index (χ2n) is 5.46. The van der Waals surface area contributed by atoms with Crippen LogP contribution >= 0.6 is 11.6 Å². The van der Waals surface area contributed by atoms with Crippen LogP contribution in [0.4, 0.5) is 11.4 Å². The molecule has 1 amide bonds. The van der Waals surface area contributed by atoms with Gasteiger partial charge >= 0.3 is 0 Å². The van der Waals surface area contributed by atoms with Gasteiger partial charge in [0, 0.05) is 17.8 Å². The van der Waals surface area contributed by atoms with Gasteiger partial charge in [0.2, 0.25) is 0 Å². The van der Waals surface area contributed by atoms with E-state index in [-0.39, 0.29) is 16.3 Å². The Labute approximate surface area is 150 Å². The third kappa shape index (κ3) is 5.46. The fourth-order valence-electron chi connectivity index (χ4n) is 2.18. The molecule has 6 nitrogen and oxygen atoms in total. The molecule has 0 heterocycles. The summed E-state index contributed by atoms with van der Waals surface area (Å²) in [6.07, 6.45) is 3.26. The topological polar surface area (TPSA) is 81.5 Å². The number of non-ortho nitro benzene ring substituents is 1. The molecular formula is C18H19ClN2O4. The zero-order valence-corrected chi connectivity index (χ0v) is 14.6. The van der Waals surface area contributed by atoms with E-state index in [0.29, 0.717) is 12.3 Å². The largest absolute Gasteiger partial charge is 0.494 e. The summed E-state index contributed by atoms with van der Waals surface area (Å²) in [7, 11) is 0. The number of nitrogens with one attached hydrogen (secondary N) is 1. The summed E-state index contributed by atoms with van der Waals surface area (Å²) in [5.74, 6) is 0.216. The molecule has 0 radical (unpaired) electrons. The van der Waals surface area contributed by atoms with E-state index in [4.69, 9.17) is 16.3 Å². The molecule has 0 atom stereocenters. The quantitative estimate of drug-likeness (QED) is 0.404. The van der Waals surface area contributed by atoms with Crippen LogP contribution in [0, 0.1) is 10.1 Å².